The smallest absolute Gasteiger partial charge is 0.262 e. The number of amides is 1. The Morgan fingerprint density at radius 2 is 2.00 bits per heavy atom. The van der Waals surface area contributed by atoms with Crippen LogP contribution < -0.4 is 15.8 Å². The van der Waals surface area contributed by atoms with E-state index in [2.05, 4.69) is 21.2 Å². The number of hydrogen-bond donors (Lipinski definition) is 2. The van der Waals surface area contributed by atoms with Crippen molar-refractivity contribution in [2.45, 2.75) is 13.5 Å². The molecular formula is C16H17BrN2O2. The highest BCUT2D eigenvalue weighted by molar-refractivity contribution is 9.10. The van der Waals surface area contributed by atoms with Gasteiger partial charge in [-0.25, -0.2) is 0 Å². The number of rotatable bonds is 5. The average Bonchev–Trinajstić information content (AvgIpc) is 2.46. The molecule has 0 saturated heterocycles. The normalized spacial score (nSPS) is 10.2. The van der Waals surface area contributed by atoms with E-state index in [0.717, 1.165) is 21.3 Å². The number of ether oxygens (including phenoxy) is 1. The lowest BCUT2D eigenvalue weighted by Gasteiger charge is -2.14. The minimum atomic E-state index is -0.202. The van der Waals surface area contributed by atoms with Crippen LogP contribution in [0.25, 0.3) is 0 Å². The Labute approximate surface area is 132 Å². The summed E-state index contributed by atoms with van der Waals surface area (Å²) in [6.07, 6.45) is 0. The second-order valence-electron chi connectivity index (χ2n) is 4.62. The number of para-hydroxylation sites is 1. The van der Waals surface area contributed by atoms with E-state index in [1.54, 1.807) is 0 Å². The summed E-state index contributed by atoms with van der Waals surface area (Å²) in [7, 11) is 0. The monoisotopic (exact) mass is 348 g/mol. The van der Waals surface area contributed by atoms with Crippen LogP contribution in [-0.4, -0.2) is 12.5 Å². The van der Waals surface area contributed by atoms with Crippen molar-refractivity contribution < 1.29 is 9.53 Å². The largest absolute Gasteiger partial charge is 0.483 e. The molecule has 3 N–H and O–H groups in total. The number of carbonyl (C=O) groups excluding carboxylic acids is 1. The Morgan fingerprint density at radius 1 is 1.29 bits per heavy atom. The van der Waals surface area contributed by atoms with Gasteiger partial charge in [0.15, 0.2) is 6.61 Å². The van der Waals surface area contributed by atoms with Crippen molar-refractivity contribution in [3.63, 3.8) is 0 Å². The highest BCUT2D eigenvalue weighted by Crippen LogP contribution is 2.27. The van der Waals surface area contributed by atoms with Gasteiger partial charge in [0.1, 0.15) is 5.75 Å². The second-order valence-corrected chi connectivity index (χ2v) is 5.53. The number of halogens is 1. The molecule has 0 radical (unpaired) electrons. The Morgan fingerprint density at radius 3 is 2.67 bits per heavy atom. The number of nitrogens with one attached hydrogen (secondary N) is 1. The maximum absolute atomic E-state index is 11.9. The molecule has 0 fully saturated rings. The molecule has 0 aliphatic heterocycles. The first-order chi connectivity index (χ1) is 10.1. The summed E-state index contributed by atoms with van der Waals surface area (Å²) in [4.78, 5) is 11.9. The molecule has 2 rings (SSSR count). The summed E-state index contributed by atoms with van der Waals surface area (Å²) < 4.78 is 6.58. The standard InChI is InChI=1S/C16H17BrN2O2/c1-11-7-13(17)8-12(9-18)16(11)21-10-15(20)19-14-5-3-2-4-6-14/h2-8H,9-10,18H2,1H3,(H,19,20). The lowest BCUT2D eigenvalue weighted by molar-refractivity contribution is -0.118. The first-order valence-corrected chi connectivity index (χ1v) is 7.36. The Balaban J connectivity index is 2.01. The van der Waals surface area contributed by atoms with E-state index >= 15 is 0 Å². The van der Waals surface area contributed by atoms with E-state index in [9.17, 15) is 4.79 Å². The van der Waals surface area contributed by atoms with Crippen LogP contribution in [0.5, 0.6) is 5.75 Å². The average molecular weight is 349 g/mol. The Kier molecular flexibility index (Phi) is 5.36. The molecule has 0 heterocycles. The van der Waals surface area contributed by atoms with Gasteiger partial charge in [-0.2, -0.15) is 0 Å². The van der Waals surface area contributed by atoms with E-state index < -0.39 is 0 Å². The van der Waals surface area contributed by atoms with Gasteiger partial charge in [-0.1, -0.05) is 34.1 Å². The molecule has 0 spiro atoms. The predicted octanol–water partition coefficient (Wildman–Crippen LogP) is 3.23. The summed E-state index contributed by atoms with van der Waals surface area (Å²) in [5.74, 6) is 0.468. The first-order valence-electron chi connectivity index (χ1n) is 6.57. The summed E-state index contributed by atoms with van der Waals surface area (Å²) in [5.41, 5.74) is 8.28. The molecule has 110 valence electrons. The number of aryl methyl sites for hydroxylation is 1. The predicted molar refractivity (Wildman–Crippen MR) is 87.3 cm³/mol. The van der Waals surface area contributed by atoms with Crippen molar-refractivity contribution in [2.24, 2.45) is 5.73 Å². The van der Waals surface area contributed by atoms with Gasteiger partial charge in [0.25, 0.3) is 5.91 Å². The Bertz CT molecular complexity index is 630. The molecule has 4 nitrogen and oxygen atoms in total. The molecular weight excluding hydrogens is 332 g/mol. The molecule has 2 aromatic carbocycles. The van der Waals surface area contributed by atoms with Crippen molar-refractivity contribution in [1.29, 1.82) is 0 Å². The lowest BCUT2D eigenvalue weighted by Crippen LogP contribution is -2.21. The maximum atomic E-state index is 11.9. The highest BCUT2D eigenvalue weighted by Gasteiger charge is 2.10. The number of anilines is 1. The van der Waals surface area contributed by atoms with Crippen molar-refractivity contribution in [2.75, 3.05) is 11.9 Å². The number of nitrogens with two attached hydrogens (primary N) is 1. The number of hydrogen-bond acceptors (Lipinski definition) is 3. The minimum Gasteiger partial charge on any atom is -0.483 e. The number of carbonyl (C=O) groups is 1. The fourth-order valence-corrected chi connectivity index (χ4v) is 2.63. The van der Waals surface area contributed by atoms with Crippen LogP contribution in [0.4, 0.5) is 5.69 Å². The van der Waals surface area contributed by atoms with Crippen LogP contribution in [0.2, 0.25) is 0 Å². The van der Waals surface area contributed by atoms with Crippen molar-refractivity contribution in [1.82, 2.24) is 0 Å². The zero-order valence-electron chi connectivity index (χ0n) is 11.7. The van der Waals surface area contributed by atoms with Crippen LogP contribution in [0, 0.1) is 6.92 Å². The van der Waals surface area contributed by atoms with Crippen LogP contribution in [0.1, 0.15) is 11.1 Å². The van der Waals surface area contributed by atoms with Crippen LogP contribution in [0.15, 0.2) is 46.9 Å². The summed E-state index contributed by atoms with van der Waals surface area (Å²) in [6.45, 7) is 2.23. The minimum absolute atomic E-state index is 0.0512. The molecule has 0 unspecified atom stereocenters. The molecule has 0 atom stereocenters. The van der Waals surface area contributed by atoms with Crippen molar-refractivity contribution in [3.05, 3.63) is 58.1 Å². The van der Waals surface area contributed by atoms with E-state index in [1.807, 2.05) is 49.4 Å². The molecule has 21 heavy (non-hydrogen) atoms. The number of benzene rings is 2. The fraction of sp³-hybridized carbons (Fsp3) is 0.188. The third kappa shape index (κ3) is 4.31. The van der Waals surface area contributed by atoms with Crippen molar-refractivity contribution in [3.8, 4) is 5.75 Å². The fourth-order valence-electron chi connectivity index (χ4n) is 2.01. The molecule has 0 aromatic heterocycles. The van der Waals surface area contributed by atoms with Gasteiger partial charge < -0.3 is 15.8 Å². The van der Waals surface area contributed by atoms with Crippen LogP contribution in [0.3, 0.4) is 0 Å². The van der Waals surface area contributed by atoms with Gasteiger partial charge >= 0.3 is 0 Å². The summed E-state index contributed by atoms with van der Waals surface area (Å²) in [5, 5.41) is 2.78. The first kappa shape index (κ1) is 15.5. The second kappa shape index (κ2) is 7.24. The molecule has 0 aliphatic rings. The maximum Gasteiger partial charge on any atom is 0.262 e. The molecule has 0 saturated carbocycles. The molecule has 0 aliphatic carbocycles. The summed E-state index contributed by atoms with van der Waals surface area (Å²) >= 11 is 3.42. The van der Waals surface area contributed by atoms with Gasteiger partial charge in [0.05, 0.1) is 0 Å². The highest BCUT2D eigenvalue weighted by atomic mass is 79.9. The quantitative estimate of drug-likeness (QED) is 0.871. The van der Waals surface area contributed by atoms with E-state index in [1.165, 1.54) is 0 Å². The van der Waals surface area contributed by atoms with Crippen molar-refractivity contribution >= 4 is 27.5 Å². The molecule has 1 amide bonds. The molecule has 2 aromatic rings. The zero-order chi connectivity index (χ0) is 15.2. The Hall–Kier alpha value is -1.85. The third-order valence-electron chi connectivity index (χ3n) is 2.94. The summed E-state index contributed by atoms with van der Waals surface area (Å²) in [6, 6.07) is 13.1. The SMILES string of the molecule is Cc1cc(Br)cc(CN)c1OCC(=O)Nc1ccccc1. The zero-order valence-corrected chi connectivity index (χ0v) is 13.3. The van der Waals surface area contributed by atoms with Gasteiger partial charge in [-0.05, 0) is 36.8 Å². The van der Waals surface area contributed by atoms with Crippen LogP contribution in [-0.2, 0) is 11.3 Å². The lowest BCUT2D eigenvalue weighted by atomic mass is 10.1. The van der Waals surface area contributed by atoms with Gasteiger partial charge in [-0.3, -0.25) is 4.79 Å². The topological polar surface area (TPSA) is 64.3 Å². The van der Waals surface area contributed by atoms with Gasteiger partial charge in [0.2, 0.25) is 0 Å². The molecule has 0 bridgehead atoms. The van der Waals surface area contributed by atoms with E-state index in [0.29, 0.717) is 12.3 Å². The third-order valence-corrected chi connectivity index (χ3v) is 3.40. The van der Waals surface area contributed by atoms with E-state index in [-0.39, 0.29) is 12.5 Å². The van der Waals surface area contributed by atoms with E-state index in [4.69, 9.17) is 10.5 Å². The van der Waals surface area contributed by atoms with Gasteiger partial charge in [0, 0.05) is 22.3 Å². The molecule has 5 heteroatoms. The van der Waals surface area contributed by atoms with Gasteiger partial charge in [-0.15, -0.1) is 0 Å². The van der Waals surface area contributed by atoms with Crippen LogP contribution >= 0.6 is 15.9 Å².